The van der Waals surface area contributed by atoms with Crippen LogP contribution in [0.15, 0.2) is 23.8 Å². The van der Waals surface area contributed by atoms with Crippen LogP contribution in [0.1, 0.15) is 46.0 Å². The van der Waals surface area contributed by atoms with E-state index in [4.69, 9.17) is 0 Å². The average molecular weight is 164 g/mol. The van der Waals surface area contributed by atoms with Gasteiger partial charge in [0.05, 0.1) is 0 Å². The topological polar surface area (TPSA) is 0 Å². The van der Waals surface area contributed by atoms with E-state index < -0.39 is 0 Å². The largest absolute Gasteiger partial charge is 0.0814 e. The van der Waals surface area contributed by atoms with Crippen molar-refractivity contribution in [2.24, 2.45) is 5.92 Å². The Morgan fingerprint density at radius 2 is 2.42 bits per heavy atom. The minimum absolute atomic E-state index is 0.799. The summed E-state index contributed by atoms with van der Waals surface area (Å²) in [5.74, 6) is 0.799. The molecule has 1 aliphatic carbocycles. The van der Waals surface area contributed by atoms with Crippen LogP contribution in [0.4, 0.5) is 0 Å². The summed E-state index contributed by atoms with van der Waals surface area (Å²) < 4.78 is 0. The quantitative estimate of drug-likeness (QED) is 0.551. The van der Waals surface area contributed by atoms with Crippen LogP contribution in [0.5, 0.6) is 0 Å². The molecule has 0 N–H and O–H groups in total. The third kappa shape index (κ3) is 3.25. The van der Waals surface area contributed by atoms with Crippen LogP contribution in [-0.4, -0.2) is 0 Å². The molecule has 0 fully saturated rings. The van der Waals surface area contributed by atoms with Gasteiger partial charge in [-0.15, -0.1) is 0 Å². The molecule has 0 amide bonds. The maximum absolute atomic E-state index is 2.41. The predicted octanol–water partition coefficient (Wildman–Crippen LogP) is 4.09. The smallest absolute Gasteiger partial charge is 0.0256 e. The summed E-state index contributed by atoms with van der Waals surface area (Å²) in [7, 11) is 0. The molecule has 1 aliphatic rings. The summed E-state index contributed by atoms with van der Waals surface area (Å²) in [6, 6.07) is 0. The van der Waals surface area contributed by atoms with Gasteiger partial charge in [0, 0.05) is 0 Å². The molecule has 68 valence electrons. The van der Waals surface area contributed by atoms with Gasteiger partial charge in [-0.05, 0) is 25.2 Å². The lowest BCUT2D eigenvalue weighted by molar-refractivity contribution is 0.629. The first-order valence-corrected chi connectivity index (χ1v) is 5.20. The molecule has 0 aromatic rings. The highest BCUT2D eigenvalue weighted by Crippen LogP contribution is 2.21. The van der Waals surface area contributed by atoms with E-state index in [-0.39, 0.29) is 0 Å². The molecule has 1 atom stereocenters. The van der Waals surface area contributed by atoms with Gasteiger partial charge in [0.1, 0.15) is 0 Å². The van der Waals surface area contributed by atoms with Crippen LogP contribution < -0.4 is 0 Å². The van der Waals surface area contributed by atoms with Crippen molar-refractivity contribution in [2.45, 2.75) is 46.0 Å². The molecule has 12 heavy (non-hydrogen) atoms. The Hall–Kier alpha value is -0.520. The summed E-state index contributed by atoms with van der Waals surface area (Å²) in [5.41, 5.74) is 1.56. The molecular formula is C12H20. The van der Waals surface area contributed by atoms with Gasteiger partial charge in [0.15, 0.2) is 0 Å². The number of hydrogen-bond acceptors (Lipinski definition) is 0. The number of unbranched alkanes of at least 4 members (excludes halogenated alkanes) is 2. The highest BCUT2D eigenvalue weighted by Gasteiger charge is 2.04. The highest BCUT2D eigenvalue weighted by atomic mass is 14.1. The first-order chi connectivity index (χ1) is 5.83. The van der Waals surface area contributed by atoms with Gasteiger partial charge in [-0.25, -0.2) is 0 Å². The third-order valence-corrected chi connectivity index (χ3v) is 2.49. The second-order valence-corrected chi connectivity index (χ2v) is 3.80. The Morgan fingerprint density at radius 3 is 3.00 bits per heavy atom. The number of allylic oxidation sites excluding steroid dienone is 4. The molecule has 1 rings (SSSR count). The molecule has 0 radical (unpaired) electrons. The molecule has 0 aromatic carbocycles. The van der Waals surface area contributed by atoms with Crippen molar-refractivity contribution >= 4 is 0 Å². The van der Waals surface area contributed by atoms with E-state index in [1.165, 1.54) is 32.1 Å². The van der Waals surface area contributed by atoms with E-state index in [9.17, 15) is 0 Å². The van der Waals surface area contributed by atoms with E-state index in [1.54, 1.807) is 5.57 Å². The Morgan fingerprint density at radius 1 is 1.58 bits per heavy atom. The summed E-state index contributed by atoms with van der Waals surface area (Å²) in [5, 5.41) is 0. The zero-order valence-corrected chi connectivity index (χ0v) is 8.34. The molecule has 0 heterocycles. The Balaban J connectivity index is 2.33. The SMILES string of the molecule is CCCC/C=C1/C=C[C@@H](C)CC1. The van der Waals surface area contributed by atoms with E-state index in [1.807, 2.05) is 0 Å². The second kappa shape index (κ2) is 5.18. The van der Waals surface area contributed by atoms with Crippen molar-refractivity contribution in [1.29, 1.82) is 0 Å². The van der Waals surface area contributed by atoms with Crippen LogP contribution in [0, 0.1) is 5.92 Å². The van der Waals surface area contributed by atoms with Crippen LogP contribution in [0.3, 0.4) is 0 Å². The monoisotopic (exact) mass is 164 g/mol. The van der Waals surface area contributed by atoms with Gasteiger partial charge in [-0.1, -0.05) is 50.5 Å². The Kier molecular flexibility index (Phi) is 4.13. The Labute approximate surface area is 76.4 Å². The normalized spacial score (nSPS) is 26.5. The molecular weight excluding hydrogens is 144 g/mol. The van der Waals surface area contributed by atoms with Crippen molar-refractivity contribution in [2.75, 3.05) is 0 Å². The maximum Gasteiger partial charge on any atom is -0.0256 e. The van der Waals surface area contributed by atoms with Gasteiger partial charge in [0.2, 0.25) is 0 Å². The molecule has 0 heteroatoms. The number of rotatable bonds is 3. The van der Waals surface area contributed by atoms with Gasteiger partial charge < -0.3 is 0 Å². The summed E-state index contributed by atoms with van der Waals surface area (Å²) in [6.45, 7) is 4.54. The van der Waals surface area contributed by atoms with Crippen molar-refractivity contribution in [3.05, 3.63) is 23.8 Å². The fraction of sp³-hybridized carbons (Fsp3) is 0.667. The van der Waals surface area contributed by atoms with Crippen molar-refractivity contribution in [3.63, 3.8) is 0 Å². The summed E-state index contributed by atoms with van der Waals surface area (Å²) in [4.78, 5) is 0. The fourth-order valence-corrected chi connectivity index (χ4v) is 1.52. The van der Waals surface area contributed by atoms with Crippen molar-refractivity contribution in [3.8, 4) is 0 Å². The highest BCUT2D eigenvalue weighted by molar-refractivity contribution is 5.22. The standard InChI is InChI=1S/C12H20/c1-3-4-5-6-12-9-7-11(2)8-10-12/h6-7,9,11H,3-5,8,10H2,1-2H3/b12-6-/t11-/m1/s1. The predicted molar refractivity (Wildman–Crippen MR) is 55.1 cm³/mol. The lowest BCUT2D eigenvalue weighted by atomic mass is 9.93. The first-order valence-electron chi connectivity index (χ1n) is 5.20. The minimum Gasteiger partial charge on any atom is -0.0814 e. The first kappa shape index (κ1) is 9.57. The van der Waals surface area contributed by atoms with Gasteiger partial charge in [-0.3, -0.25) is 0 Å². The second-order valence-electron chi connectivity index (χ2n) is 3.80. The van der Waals surface area contributed by atoms with E-state index >= 15 is 0 Å². The molecule has 0 nitrogen and oxygen atoms in total. The average Bonchev–Trinajstić information content (AvgIpc) is 2.09. The molecule has 0 saturated heterocycles. The molecule has 0 saturated carbocycles. The zero-order valence-electron chi connectivity index (χ0n) is 8.34. The lowest BCUT2D eigenvalue weighted by Gasteiger charge is -2.13. The van der Waals surface area contributed by atoms with Crippen LogP contribution in [-0.2, 0) is 0 Å². The van der Waals surface area contributed by atoms with E-state index in [0.29, 0.717) is 0 Å². The van der Waals surface area contributed by atoms with Gasteiger partial charge in [-0.2, -0.15) is 0 Å². The molecule has 0 unspecified atom stereocenters. The third-order valence-electron chi connectivity index (χ3n) is 2.49. The Bertz CT molecular complexity index is 174. The minimum atomic E-state index is 0.799. The van der Waals surface area contributed by atoms with Crippen LogP contribution in [0.2, 0.25) is 0 Å². The molecule has 0 aliphatic heterocycles. The fourth-order valence-electron chi connectivity index (χ4n) is 1.52. The molecule has 0 aromatic heterocycles. The van der Waals surface area contributed by atoms with Crippen LogP contribution in [0.25, 0.3) is 0 Å². The van der Waals surface area contributed by atoms with Crippen molar-refractivity contribution < 1.29 is 0 Å². The van der Waals surface area contributed by atoms with E-state index in [0.717, 1.165) is 5.92 Å². The maximum atomic E-state index is 2.41. The number of hydrogen-bond donors (Lipinski definition) is 0. The molecule has 0 bridgehead atoms. The van der Waals surface area contributed by atoms with E-state index in [2.05, 4.69) is 32.1 Å². The van der Waals surface area contributed by atoms with Crippen molar-refractivity contribution in [1.82, 2.24) is 0 Å². The van der Waals surface area contributed by atoms with Gasteiger partial charge >= 0.3 is 0 Å². The zero-order chi connectivity index (χ0) is 8.81. The molecule has 0 spiro atoms. The lowest BCUT2D eigenvalue weighted by Crippen LogP contribution is -1.96. The van der Waals surface area contributed by atoms with Crippen LogP contribution >= 0.6 is 0 Å². The summed E-state index contributed by atoms with van der Waals surface area (Å²) >= 11 is 0. The summed E-state index contributed by atoms with van der Waals surface area (Å²) in [6.07, 6.45) is 13.6. The van der Waals surface area contributed by atoms with Gasteiger partial charge in [0.25, 0.3) is 0 Å².